The predicted molar refractivity (Wildman–Crippen MR) is 71.3 cm³/mol. The number of nitro groups is 1. The fourth-order valence-corrected chi connectivity index (χ4v) is 2.53. The van der Waals surface area contributed by atoms with Gasteiger partial charge in [0.1, 0.15) is 0 Å². The molecule has 1 aliphatic carbocycles. The molecule has 1 aliphatic rings. The van der Waals surface area contributed by atoms with Crippen molar-refractivity contribution in [2.45, 2.75) is 45.2 Å². The van der Waals surface area contributed by atoms with Crippen LogP contribution in [0.1, 0.15) is 38.2 Å². The van der Waals surface area contributed by atoms with Crippen LogP contribution in [0.5, 0.6) is 0 Å². The Balaban J connectivity index is 1.89. The van der Waals surface area contributed by atoms with E-state index in [4.69, 9.17) is 0 Å². The summed E-state index contributed by atoms with van der Waals surface area (Å²) in [5.41, 5.74) is 0.289. The van der Waals surface area contributed by atoms with Crippen molar-refractivity contribution in [3.05, 3.63) is 39.7 Å². The minimum atomic E-state index is -0.762. The van der Waals surface area contributed by atoms with Crippen LogP contribution in [0.4, 0.5) is 10.1 Å². The highest BCUT2D eigenvalue weighted by Crippen LogP contribution is 2.24. The van der Waals surface area contributed by atoms with Crippen LogP contribution in [0.25, 0.3) is 0 Å². The summed E-state index contributed by atoms with van der Waals surface area (Å²) in [5, 5.41) is 13.9. The van der Waals surface area contributed by atoms with Gasteiger partial charge in [0.2, 0.25) is 5.82 Å². The van der Waals surface area contributed by atoms with Crippen LogP contribution in [0.3, 0.4) is 0 Å². The third kappa shape index (κ3) is 3.73. The predicted octanol–water partition coefficient (Wildman–Crippen LogP) is 3.40. The van der Waals surface area contributed by atoms with Crippen LogP contribution in [0.15, 0.2) is 18.2 Å². The molecule has 2 rings (SSSR count). The van der Waals surface area contributed by atoms with Gasteiger partial charge in [-0.3, -0.25) is 10.1 Å². The van der Waals surface area contributed by atoms with Gasteiger partial charge in [0.05, 0.1) is 4.92 Å². The topological polar surface area (TPSA) is 55.2 Å². The Morgan fingerprint density at radius 3 is 2.63 bits per heavy atom. The highest BCUT2D eigenvalue weighted by atomic mass is 19.1. The molecule has 0 heterocycles. The first kappa shape index (κ1) is 13.9. The second kappa shape index (κ2) is 6.10. The van der Waals surface area contributed by atoms with E-state index in [1.807, 2.05) is 0 Å². The van der Waals surface area contributed by atoms with E-state index in [0.29, 0.717) is 12.6 Å². The van der Waals surface area contributed by atoms with E-state index < -0.39 is 16.4 Å². The van der Waals surface area contributed by atoms with Gasteiger partial charge in [0.25, 0.3) is 0 Å². The average molecular weight is 266 g/mol. The average Bonchev–Trinajstić information content (AvgIpc) is 2.37. The van der Waals surface area contributed by atoms with Crippen LogP contribution in [-0.2, 0) is 6.54 Å². The molecular weight excluding hydrogens is 247 g/mol. The maximum atomic E-state index is 13.4. The molecule has 1 saturated carbocycles. The lowest BCUT2D eigenvalue weighted by Gasteiger charge is -2.27. The molecule has 0 unspecified atom stereocenters. The van der Waals surface area contributed by atoms with Gasteiger partial charge in [-0.1, -0.05) is 13.0 Å². The third-order valence-corrected chi connectivity index (χ3v) is 3.82. The standard InChI is InChI=1S/C14H19FN2O2/c1-10-2-5-12(6-3-10)16-9-11-4-7-14(17(18)19)13(15)8-11/h4,7-8,10,12,16H,2-3,5-6,9H2,1H3. The lowest BCUT2D eigenvalue weighted by molar-refractivity contribution is -0.387. The summed E-state index contributed by atoms with van der Waals surface area (Å²) in [6.07, 6.45) is 4.76. The Labute approximate surface area is 112 Å². The van der Waals surface area contributed by atoms with Crippen LogP contribution >= 0.6 is 0 Å². The summed E-state index contributed by atoms with van der Waals surface area (Å²) in [4.78, 5) is 9.82. The minimum absolute atomic E-state index is 0.463. The van der Waals surface area contributed by atoms with E-state index in [-0.39, 0.29) is 0 Å². The van der Waals surface area contributed by atoms with Crippen LogP contribution in [0.2, 0.25) is 0 Å². The van der Waals surface area contributed by atoms with Gasteiger partial charge in [-0.2, -0.15) is 4.39 Å². The molecule has 1 aromatic rings. The molecule has 104 valence electrons. The van der Waals surface area contributed by atoms with Crippen molar-refractivity contribution in [3.63, 3.8) is 0 Å². The van der Waals surface area contributed by atoms with Gasteiger partial charge in [0.15, 0.2) is 0 Å². The molecule has 0 amide bonds. The largest absolute Gasteiger partial charge is 0.310 e. The molecule has 0 radical (unpaired) electrons. The summed E-state index contributed by atoms with van der Waals surface area (Å²) in [7, 11) is 0. The molecular formula is C14H19FN2O2. The van der Waals surface area contributed by atoms with Crippen molar-refractivity contribution in [2.24, 2.45) is 5.92 Å². The van der Waals surface area contributed by atoms with Gasteiger partial charge < -0.3 is 5.32 Å². The fourth-order valence-electron chi connectivity index (χ4n) is 2.53. The molecule has 1 fully saturated rings. The lowest BCUT2D eigenvalue weighted by Crippen LogP contribution is -2.32. The second-order valence-electron chi connectivity index (χ2n) is 5.38. The number of nitrogens with one attached hydrogen (secondary N) is 1. The summed E-state index contributed by atoms with van der Waals surface area (Å²) in [6.45, 7) is 2.83. The highest BCUT2D eigenvalue weighted by molar-refractivity contribution is 5.34. The van der Waals surface area contributed by atoms with Crippen molar-refractivity contribution < 1.29 is 9.31 Å². The Morgan fingerprint density at radius 2 is 2.05 bits per heavy atom. The van der Waals surface area contributed by atoms with Crippen molar-refractivity contribution >= 4 is 5.69 Å². The molecule has 0 saturated heterocycles. The quantitative estimate of drug-likeness (QED) is 0.671. The van der Waals surface area contributed by atoms with Crippen molar-refractivity contribution in [1.82, 2.24) is 5.32 Å². The Hall–Kier alpha value is -1.49. The molecule has 1 aromatic carbocycles. The lowest BCUT2D eigenvalue weighted by atomic mass is 9.87. The first-order valence-electron chi connectivity index (χ1n) is 6.72. The van der Waals surface area contributed by atoms with Gasteiger partial charge in [-0.15, -0.1) is 0 Å². The number of halogens is 1. The third-order valence-electron chi connectivity index (χ3n) is 3.82. The number of hydrogen-bond acceptors (Lipinski definition) is 3. The van der Waals surface area contributed by atoms with E-state index >= 15 is 0 Å². The first-order chi connectivity index (χ1) is 9.06. The SMILES string of the molecule is CC1CCC(NCc2ccc([N+](=O)[O-])c(F)c2)CC1. The second-order valence-corrected chi connectivity index (χ2v) is 5.38. The summed E-state index contributed by atoms with van der Waals surface area (Å²) in [6, 6.07) is 4.57. The van der Waals surface area contributed by atoms with Crippen molar-refractivity contribution in [3.8, 4) is 0 Å². The van der Waals surface area contributed by atoms with Crippen LogP contribution in [-0.4, -0.2) is 11.0 Å². The smallest absolute Gasteiger partial charge is 0.304 e. The van der Waals surface area contributed by atoms with Crippen molar-refractivity contribution in [1.29, 1.82) is 0 Å². The number of nitrogens with zero attached hydrogens (tertiary/aromatic N) is 1. The van der Waals surface area contributed by atoms with Crippen LogP contribution in [0, 0.1) is 21.8 Å². The monoisotopic (exact) mass is 266 g/mol. The molecule has 0 aliphatic heterocycles. The Morgan fingerprint density at radius 1 is 1.37 bits per heavy atom. The molecule has 4 nitrogen and oxygen atoms in total. The highest BCUT2D eigenvalue weighted by Gasteiger charge is 2.18. The molecule has 1 N–H and O–H groups in total. The number of nitro benzene ring substituents is 1. The maximum Gasteiger partial charge on any atom is 0.304 e. The number of hydrogen-bond donors (Lipinski definition) is 1. The van der Waals surface area contributed by atoms with Crippen molar-refractivity contribution in [2.75, 3.05) is 0 Å². The molecule has 0 atom stereocenters. The normalized spacial score (nSPS) is 23.3. The van der Waals surface area contributed by atoms with E-state index in [1.54, 1.807) is 6.07 Å². The van der Waals surface area contributed by atoms with E-state index in [2.05, 4.69) is 12.2 Å². The van der Waals surface area contributed by atoms with Crippen LogP contribution < -0.4 is 5.32 Å². The minimum Gasteiger partial charge on any atom is -0.310 e. The number of rotatable bonds is 4. The zero-order chi connectivity index (χ0) is 13.8. The van der Waals surface area contributed by atoms with Gasteiger partial charge in [0, 0.05) is 18.7 Å². The zero-order valence-electron chi connectivity index (χ0n) is 11.1. The molecule has 0 aromatic heterocycles. The maximum absolute atomic E-state index is 13.4. The van der Waals surface area contributed by atoms with E-state index in [1.165, 1.54) is 25.0 Å². The fraction of sp³-hybridized carbons (Fsp3) is 0.571. The van der Waals surface area contributed by atoms with Gasteiger partial charge in [-0.05, 0) is 43.2 Å². The van der Waals surface area contributed by atoms with E-state index in [0.717, 1.165) is 24.3 Å². The molecule has 0 bridgehead atoms. The summed E-state index contributed by atoms with van der Waals surface area (Å²) < 4.78 is 13.4. The Bertz CT molecular complexity index is 457. The number of benzene rings is 1. The summed E-state index contributed by atoms with van der Waals surface area (Å²) in [5.74, 6) is 0.0384. The van der Waals surface area contributed by atoms with E-state index in [9.17, 15) is 14.5 Å². The first-order valence-corrected chi connectivity index (χ1v) is 6.72. The molecule has 0 spiro atoms. The zero-order valence-corrected chi connectivity index (χ0v) is 11.1. The van der Waals surface area contributed by atoms with Gasteiger partial charge in [-0.25, -0.2) is 0 Å². The summed E-state index contributed by atoms with van der Waals surface area (Å²) >= 11 is 0. The Kier molecular flexibility index (Phi) is 4.47. The molecule has 19 heavy (non-hydrogen) atoms. The molecule has 5 heteroatoms. The van der Waals surface area contributed by atoms with Gasteiger partial charge >= 0.3 is 5.69 Å².